The van der Waals surface area contributed by atoms with Gasteiger partial charge in [0.2, 0.25) is 0 Å². The zero-order chi connectivity index (χ0) is 58.3. The van der Waals surface area contributed by atoms with Crippen molar-refractivity contribution in [3.05, 3.63) is 85.1 Å². The molecule has 0 radical (unpaired) electrons. The highest BCUT2D eigenvalue weighted by molar-refractivity contribution is 5.71. The molecule has 0 aromatic heterocycles. The van der Waals surface area contributed by atoms with Crippen LogP contribution in [-0.4, -0.2) is 87.4 Å². The second-order valence-corrected chi connectivity index (χ2v) is 23.4. The molecule has 0 aliphatic heterocycles. The highest BCUT2D eigenvalue weighted by Gasteiger charge is 2.25. The van der Waals surface area contributed by atoms with Crippen molar-refractivity contribution in [1.82, 2.24) is 0 Å². The van der Waals surface area contributed by atoms with Crippen LogP contribution in [0.5, 0.6) is 0 Å². The van der Waals surface area contributed by atoms with Crippen LogP contribution in [0.25, 0.3) is 0 Å². The van der Waals surface area contributed by atoms with Crippen molar-refractivity contribution in [2.24, 2.45) is 0 Å². The summed E-state index contributed by atoms with van der Waals surface area (Å²) in [5.74, 6) is -2.08. The van der Waals surface area contributed by atoms with Gasteiger partial charge in [-0.15, -0.1) is 0 Å². The highest BCUT2D eigenvalue weighted by Crippen LogP contribution is 2.18. The smallest absolute Gasteiger partial charge is 0.361 e. The minimum Gasteiger partial charge on any atom is -0.477 e. The molecule has 0 aromatic rings. The van der Waals surface area contributed by atoms with E-state index in [1.807, 2.05) is 21.1 Å². The Bertz CT molecular complexity index is 1590. The predicted molar refractivity (Wildman–Crippen MR) is 341 cm³/mol. The van der Waals surface area contributed by atoms with Crippen molar-refractivity contribution in [3.8, 4) is 0 Å². The maximum atomic E-state index is 12.9. The third-order valence-electron chi connectivity index (χ3n) is 14.4. The number of hydrogen-bond donors (Lipinski definition) is 1. The fourth-order valence-electron chi connectivity index (χ4n) is 9.36. The molecule has 2 atom stereocenters. The fraction of sp³-hybridized carbons (Fsp3) is 0.761. The lowest BCUT2D eigenvalue weighted by molar-refractivity contribution is -0.870. The second-order valence-electron chi connectivity index (χ2n) is 23.4. The molecule has 462 valence electrons. The molecule has 80 heavy (non-hydrogen) atoms. The summed E-state index contributed by atoms with van der Waals surface area (Å²) in [7, 11) is 5.95. The van der Waals surface area contributed by atoms with Crippen LogP contribution in [0.4, 0.5) is 0 Å². The first kappa shape index (κ1) is 76.5. The van der Waals surface area contributed by atoms with Crippen LogP contribution in [-0.2, 0) is 33.3 Å². The average Bonchev–Trinajstić information content (AvgIpc) is 3.43. The van der Waals surface area contributed by atoms with Gasteiger partial charge in [-0.2, -0.15) is 0 Å². The highest BCUT2D eigenvalue weighted by atomic mass is 16.7. The lowest BCUT2D eigenvalue weighted by Crippen LogP contribution is -2.40. The molecule has 0 aliphatic carbocycles. The van der Waals surface area contributed by atoms with Crippen LogP contribution in [0.3, 0.4) is 0 Å². The SMILES string of the molecule is CC/C=C\C/C=C\C/C=C\C/C=C\C/C=C\C/C=C\C/C=C\CCCC(=O)OC(COC(=O)CCCCCCCCCCCCCCCCCCCCCCCCCCCCCCCCCC)COC(OCC[N+](C)(C)C)C(=O)O. The number of ether oxygens (including phenoxy) is 4. The molecule has 0 spiro atoms. The monoisotopic (exact) mass is 1120 g/mol. The summed E-state index contributed by atoms with van der Waals surface area (Å²) < 4.78 is 22.9. The molecule has 0 aliphatic rings. The molecule has 0 bridgehead atoms. The molecule has 0 aromatic carbocycles. The standard InChI is InChI=1S/C71H125NO8/c1-6-8-10-12-14-16-18-20-22-24-26-28-30-31-32-33-34-35-36-37-38-40-41-43-45-47-49-51-53-55-57-59-61-68(73)78-65-67(66-79-71(70(75)76)77-64-63-72(3,4)5)80-69(74)62-60-58-56-54-52-50-48-46-44-42-39-29-27-25-23-21-19-17-15-13-11-9-7-2/h9,11,15,17,21,23,27,29,42,44,48,50,54,56,67,71H,6-8,10,12-14,16,18-20,22,24-26,28,30-41,43,45-47,49,51-53,55,57-66H2,1-5H3/p+1/b11-9-,17-15-,23-21-,29-27-,44-42-,50-48-,56-54-. The van der Waals surface area contributed by atoms with Gasteiger partial charge in [-0.3, -0.25) is 9.59 Å². The van der Waals surface area contributed by atoms with Gasteiger partial charge in [0.1, 0.15) is 13.2 Å². The molecule has 0 amide bonds. The number of hydrogen-bond acceptors (Lipinski definition) is 7. The van der Waals surface area contributed by atoms with Crippen molar-refractivity contribution in [2.45, 2.75) is 302 Å². The third kappa shape index (κ3) is 62.1. The first-order valence-corrected chi connectivity index (χ1v) is 33.3. The summed E-state index contributed by atoms with van der Waals surface area (Å²) in [6.07, 6.45) is 80.0. The summed E-state index contributed by atoms with van der Waals surface area (Å²) >= 11 is 0. The Labute approximate surface area is 493 Å². The van der Waals surface area contributed by atoms with Gasteiger partial charge in [-0.25, -0.2) is 4.79 Å². The Morgan fingerprint density at radius 3 is 1.05 bits per heavy atom. The van der Waals surface area contributed by atoms with Crippen LogP contribution in [0, 0.1) is 0 Å². The zero-order valence-corrected chi connectivity index (χ0v) is 52.7. The van der Waals surface area contributed by atoms with E-state index in [2.05, 4.69) is 98.9 Å². The van der Waals surface area contributed by atoms with Crippen molar-refractivity contribution in [3.63, 3.8) is 0 Å². The van der Waals surface area contributed by atoms with Crippen molar-refractivity contribution in [2.75, 3.05) is 47.5 Å². The van der Waals surface area contributed by atoms with E-state index in [-0.39, 0.29) is 38.6 Å². The molecule has 2 unspecified atom stereocenters. The van der Waals surface area contributed by atoms with Gasteiger partial charge < -0.3 is 28.5 Å². The van der Waals surface area contributed by atoms with E-state index < -0.39 is 24.3 Å². The van der Waals surface area contributed by atoms with Crippen LogP contribution in [0.1, 0.15) is 290 Å². The summed E-state index contributed by atoms with van der Waals surface area (Å²) in [6, 6.07) is 0. The first-order valence-electron chi connectivity index (χ1n) is 33.3. The number of unbranched alkanes of at least 4 members (excludes halogenated alkanes) is 32. The van der Waals surface area contributed by atoms with E-state index in [1.54, 1.807) is 0 Å². The molecular weight excluding hydrogens is 995 g/mol. The second kappa shape index (κ2) is 61.5. The largest absolute Gasteiger partial charge is 0.477 e. The Morgan fingerprint density at radius 2 is 0.713 bits per heavy atom. The molecule has 1 N–H and O–H groups in total. The Hall–Kier alpha value is -3.53. The number of esters is 2. The third-order valence-corrected chi connectivity index (χ3v) is 14.4. The topological polar surface area (TPSA) is 108 Å². The number of likely N-dealkylation sites (N-methyl/N-ethyl adjacent to an activating group) is 1. The van der Waals surface area contributed by atoms with E-state index in [0.29, 0.717) is 17.4 Å². The molecule has 0 rings (SSSR count). The number of nitrogens with zero attached hydrogens (tertiary/aromatic N) is 1. The van der Waals surface area contributed by atoms with Gasteiger partial charge in [0.15, 0.2) is 6.10 Å². The number of rotatable bonds is 61. The number of quaternary nitrogens is 1. The van der Waals surface area contributed by atoms with E-state index >= 15 is 0 Å². The number of carboxylic acid groups (broad SMARTS) is 1. The van der Waals surface area contributed by atoms with Gasteiger partial charge in [-0.05, 0) is 64.2 Å². The molecule has 0 fully saturated rings. The number of carbonyl (C=O) groups is 3. The van der Waals surface area contributed by atoms with Crippen molar-refractivity contribution < 1.29 is 42.9 Å². The maximum absolute atomic E-state index is 12.9. The van der Waals surface area contributed by atoms with Gasteiger partial charge in [0.05, 0.1) is 34.4 Å². The van der Waals surface area contributed by atoms with E-state index in [9.17, 15) is 19.5 Å². The fourth-order valence-corrected chi connectivity index (χ4v) is 9.36. The Kier molecular flexibility index (Phi) is 58.8. The summed E-state index contributed by atoms with van der Waals surface area (Å²) in [5.41, 5.74) is 0. The van der Waals surface area contributed by atoms with Gasteiger partial charge >= 0.3 is 17.9 Å². The summed E-state index contributed by atoms with van der Waals surface area (Å²) in [5, 5.41) is 9.72. The van der Waals surface area contributed by atoms with Gasteiger partial charge in [-0.1, -0.05) is 298 Å². The minimum absolute atomic E-state index is 0.174. The molecule has 0 heterocycles. The number of aliphatic carboxylic acids is 1. The molecular formula is C71H126NO8+. The molecule has 0 saturated carbocycles. The van der Waals surface area contributed by atoms with Gasteiger partial charge in [0, 0.05) is 12.8 Å². The number of allylic oxidation sites excluding steroid dienone is 14. The maximum Gasteiger partial charge on any atom is 0.361 e. The van der Waals surface area contributed by atoms with E-state index in [1.165, 1.54) is 186 Å². The van der Waals surface area contributed by atoms with Crippen LogP contribution in [0.15, 0.2) is 85.1 Å². The average molecular weight is 1120 g/mol. The number of carboxylic acids is 1. The summed E-state index contributed by atoms with van der Waals surface area (Å²) in [4.78, 5) is 37.5. The van der Waals surface area contributed by atoms with Crippen molar-refractivity contribution >= 4 is 17.9 Å². The Balaban J connectivity index is 4.17. The summed E-state index contributed by atoms with van der Waals surface area (Å²) in [6.45, 7) is 4.73. The van der Waals surface area contributed by atoms with Crippen molar-refractivity contribution in [1.29, 1.82) is 0 Å². The first-order chi connectivity index (χ1) is 39.1. The van der Waals surface area contributed by atoms with Crippen LogP contribution < -0.4 is 0 Å². The molecule has 0 saturated heterocycles. The van der Waals surface area contributed by atoms with Crippen LogP contribution in [0.2, 0.25) is 0 Å². The zero-order valence-electron chi connectivity index (χ0n) is 52.7. The lowest BCUT2D eigenvalue weighted by Gasteiger charge is -2.25. The lowest BCUT2D eigenvalue weighted by atomic mass is 10.0. The Morgan fingerprint density at radius 1 is 0.388 bits per heavy atom. The van der Waals surface area contributed by atoms with Crippen LogP contribution >= 0.6 is 0 Å². The van der Waals surface area contributed by atoms with E-state index in [0.717, 1.165) is 70.6 Å². The normalized spacial score (nSPS) is 13.3. The van der Waals surface area contributed by atoms with Gasteiger partial charge in [0.25, 0.3) is 6.29 Å². The minimum atomic E-state index is -1.53. The molecule has 9 nitrogen and oxygen atoms in total. The van der Waals surface area contributed by atoms with E-state index in [4.69, 9.17) is 18.9 Å². The number of carbonyl (C=O) groups excluding carboxylic acids is 2. The quantitative estimate of drug-likeness (QED) is 0.0211. The predicted octanol–water partition coefficient (Wildman–Crippen LogP) is 20.3. The molecule has 9 heteroatoms.